The maximum absolute atomic E-state index is 11.5. The maximum atomic E-state index is 11.5. The number of sulfone groups is 1. The van der Waals surface area contributed by atoms with E-state index >= 15 is 0 Å². The molecule has 0 bridgehead atoms. The fourth-order valence-electron chi connectivity index (χ4n) is 2.73. The Kier molecular flexibility index (Phi) is 3.87. The number of nitrogens with zero attached hydrogens (tertiary/aromatic N) is 1. The van der Waals surface area contributed by atoms with Crippen LogP contribution in [0.1, 0.15) is 19.8 Å². The quantitative estimate of drug-likeness (QED) is 0.713. The highest BCUT2D eigenvalue weighted by atomic mass is 32.2. The van der Waals surface area contributed by atoms with E-state index in [4.69, 9.17) is 0 Å². The number of piperidine rings is 1. The number of nitrogens with one attached hydrogen (secondary N) is 1. The molecule has 2 aliphatic rings. The minimum Gasteiger partial charge on any atom is -0.315 e. The van der Waals surface area contributed by atoms with Gasteiger partial charge in [0.1, 0.15) is 0 Å². The summed E-state index contributed by atoms with van der Waals surface area (Å²) < 4.78 is 23.0. The topological polar surface area (TPSA) is 49.4 Å². The summed E-state index contributed by atoms with van der Waals surface area (Å²) in [5, 5.41) is 3.43. The molecule has 0 aromatic heterocycles. The Morgan fingerprint density at radius 1 is 1.19 bits per heavy atom. The van der Waals surface area contributed by atoms with Crippen LogP contribution in [0.2, 0.25) is 0 Å². The highest BCUT2D eigenvalue weighted by Gasteiger charge is 2.27. The predicted molar refractivity (Wildman–Crippen MR) is 65.3 cm³/mol. The van der Waals surface area contributed by atoms with Crippen molar-refractivity contribution in [1.82, 2.24) is 10.2 Å². The molecule has 0 radical (unpaired) electrons. The molecular weight excluding hydrogens is 224 g/mol. The fraction of sp³-hybridized carbons (Fsp3) is 1.00. The predicted octanol–water partition coefficient (Wildman–Crippen LogP) is 0.105. The molecule has 0 aromatic carbocycles. The van der Waals surface area contributed by atoms with Gasteiger partial charge in [0.25, 0.3) is 0 Å². The zero-order valence-corrected chi connectivity index (χ0v) is 10.8. The first-order chi connectivity index (χ1) is 7.57. The maximum Gasteiger partial charge on any atom is 0.151 e. The Hall–Kier alpha value is -0.130. The van der Waals surface area contributed by atoms with Crippen molar-refractivity contribution in [2.24, 2.45) is 5.92 Å². The van der Waals surface area contributed by atoms with Crippen molar-refractivity contribution >= 4 is 9.84 Å². The SMILES string of the molecule is CC1CNCC(N2CCCS(=O)(=O)CC2)C1. The average Bonchev–Trinajstić information content (AvgIpc) is 2.39. The van der Waals surface area contributed by atoms with Crippen LogP contribution >= 0.6 is 0 Å². The molecule has 94 valence electrons. The van der Waals surface area contributed by atoms with Crippen molar-refractivity contribution in [2.75, 3.05) is 37.7 Å². The van der Waals surface area contributed by atoms with Gasteiger partial charge in [0, 0.05) is 19.1 Å². The molecular formula is C11H22N2O2S. The van der Waals surface area contributed by atoms with Crippen LogP contribution < -0.4 is 5.32 Å². The summed E-state index contributed by atoms with van der Waals surface area (Å²) in [5.41, 5.74) is 0. The molecule has 2 unspecified atom stereocenters. The number of hydrogen-bond donors (Lipinski definition) is 1. The fourth-order valence-corrected chi connectivity index (χ4v) is 4.01. The summed E-state index contributed by atoms with van der Waals surface area (Å²) in [5.74, 6) is 1.43. The molecule has 2 fully saturated rings. The molecule has 5 heteroatoms. The molecule has 16 heavy (non-hydrogen) atoms. The van der Waals surface area contributed by atoms with Crippen LogP contribution in [0.15, 0.2) is 0 Å². The van der Waals surface area contributed by atoms with E-state index in [1.54, 1.807) is 0 Å². The lowest BCUT2D eigenvalue weighted by Crippen LogP contribution is -2.49. The first kappa shape index (κ1) is 12.3. The number of rotatable bonds is 1. The lowest BCUT2D eigenvalue weighted by molar-refractivity contribution is 0.155. The van der Waals surface area contributed by atoms with Gasteiger partial charge < -0.3 is 5.32 Å². The van der Waals surface area contributed by atoms with Crippen molar-refractivity contribution in [3.63, 3.8) is 0 Å². The normalized spacial score (nSPS) is 36.8. The summed E-state index contributed by atoms with van der Waals surface area (Å²) in [6, 6.07) is 0.539. The van der Waals surface area contributed by atoms with Crippen LogP contribution in [-0.2, 0) is 9.84 Å². The summed E-state index contributed by atoms with van der Waals surface area (Å²) in [4.78, 5) is 2.37. The highest BCUT2D eigenvalue weighted by Crippen LogP contribution is 2.17. The summed E-state index contributed by atoms with van der Waals surface area (Å²) in [6.45, 7) is 6.04. The molecule has 1 N–H and O–H groups in total. The van der Waals surface area contributed by atoms with E-state index in [1.807, 2.05) is 0 Å². The van der Waals surface area contributed by atoms with Gasteiger partial charge in [0.05, 0.1) is 11.5 Å². The van der Waals surface area contributed by atoms with Gasteiger partial charge in [-0.3, -0.25) is 4.90 Å². The average molecular weight is 246 g/mol. The van der Waals surface area contributed by atoms with Gasteiger partial charge in [0.2, 0.25) is 0 Å². The van der Waals surface area contributed by atoms with Gasteiger partial charge in [-0.15, -0.1) is 0 Å². The number of hydrogen-bond acceptors (Lipinski definition) is 4. The van der Waals surface area contributed by atoms with E-state index in [-0.39, 0.29) is 0 Å². The monoisotopic (exact) mass is 246 g/mol. The van der Waals surface area contributed by atoms with E-state index in [1.165, 1.54) is 6.42 Å². The lowest BCUT2D eigenvalue weighted by atomic mass is 9.96. The highest BCUT2D eigenvalue weighted by molar-refractivity contribution is 7.91. The van der Waals surface area contributed by atoms with Crippen LogP contribution in [-0.4, -0.2) is 57.0 Å². The Bertz CT molecular complexity index is 329. The summed E-state index contributed by atoms with van der Waals surface area (Å²) in [7, 11) is -2.77. The molecule has 0 aliphatic carbocycles. The standard InChI is InChI=1S/C11H22N2O2S/c1-10-7-11(9-12-8-10)13-3-2-5-16(14,15)6-4-13/h10-12H,2-9H2,1H3. The van der Waals surface area contributed by atoms with E-state index < -0.39 is 9.84 Å². The second-order valence-corrected chi connectivity index (χ2v) is 7.50. The molecule has 0 spiro atoms. The van der Waals surface area contributed by atoms with E-state index in [2.05, 4.69) is 17.1 Å². The zero-order chi connectivity index (χ0) is 11.6. The molecule has 0 amide bonds. The second-order valence-electron chi connectivity index (χ2n) is 5.19. The van der Waals surface area contributed by atoms with Crippen LogP contribution in [0.25, 0.3) is 0 Å². The van der Waals surface area contributed by atoms with Gasteiger partial charge in [-0.2, -0.15) is 0 Å². The summed E-state index contributed by atoms with van der Waals surface area (Å²) >= 11 is 0. The van der Waals surface area contributed by atoms with Crippen molar-refractivity contribution in [3.8, 4) is 0 Å². The Morgan fingerprint density at radius 2 is 2.00 bits per heavy atom. The minimum absolute atomic E-state index is 0.345. The smallest absolute Gasteiger partial charge is 0.151 e. The molecule has 0 aromatic rings. The molecule has 0 saturated carbocycles. The lowest BCUT2D eigenvalue weighted by Gasteiger charge is -2.36. The van der Waals surface area contributed by atoms with Gasteiger partial charge in [-0.25, -0.2) is 8.42 Å². The van der Waals surface area contributed by atoms with Crippen molar-refractivity contribution in [1.29, 1.82) is 0 Å². The zero-order valence-electron chi connectivity index (χ0n) is 9.98. The third kappa shape index (κ3) is 3.18. The third-order valence-corrected chi connectivity index (χ3v) is 5.37. The first-order valence-corrected chi connectivity index (χ1v) is 8.04. The van der Waals surface area contributed by atoms with Gasteiger partial charge >= 0.3 is 0 Å². The first-order valence-electron chi connectivity index (χ1n) is 6.22. The van der Waals surface area contributed by atoms with Gasteiger partial charge in [-0.1, -0.05) is 6.92 Å². The Balaban J connectivity index is 1.94. The molecule has 2 atom stereocenters. The van der Waals surface area contributed by atoms with E-state index in [0.29, 0.717) is 23.5 Å². The molecule has 4 nitrogen and oxygen atoms in total. The second kappa shape index (κ2) is 5.02. The molecule has 2 rings (SSSR count). The Morgan fingerprint density at radius 3 is 2.75 bits per heavy atom. The minimum atomic E-state index is -2.77. The van der Waals surface area contributed by atoms with Gasteiger partial charge in [-0.05, 0) is 31.8 Å². The van der Waals surface area contributed by atoms with Crippen LogP contribution in [0.5, 0.6) is 0 Å². The molecule has 2 aliphatic heterocycles. The van der Waals surface area contributed by atoms with Crippen molar-refractivity contribution < 1.29 is 8.42 Å². The van der Waals surface area contributed by atoms with Crippen LogP contribution in [0, 0.1) is 5.92 Å². The van der Waals surface area contributed by atoms with Crippen molar-refractivity contribution in [3.05, 3.63) is 0 Å². The summed E-state index contributed by atoms with van der Waals surface area (Å²) in [6.07, 6.45) is 2.00. The Labute approximate surface area is 98.3 Å². The van der Waals surface area contributed by atoms with Crippen LogP contribution in [0.3, 0.4) is 0 Å². The van der Waals surface area contributed by atoms with Crippen molar-refractivity contribution in [2.45, 2.75) is 25.8 Å². The third-order valence-electron chi connectivity index (χ3n) is 3.65. The molecule has 2 saturated heterocycles. The van der Waals surface area contributed by atoms with E-state index in [0.717, 1.165) is 32.6 Å². The molecule has 2 heterocycles. The van der Waals surface area contributed by atoms with Gasteiger partial charge in [0.15, 0.2) is 9.84 Å². The van der Waals surface area contributed by atoms with Crippen LogP contribution in [0.4, 0.5) is 0 Å². The van der Waals surface area contributed by atoms with E-state index in [9.17, 15) is 8.42 Å². The largest absolute Gasteiger partial charge is 0.315 e.